The number of aryl methyl sites for hydroxylation is 2. The fraction of sp³-hybridized carbons (Fsp3) is 0.733. The molecule has 2 rings (SSSR count). The first-order chi connectivity index (χ1) is 10.1. The molecule has 1 fully saturated rings. The molecule has 6 heteroatoms. The third kappa shape index (κ3) is 4.54. The van der Waals surface area contributed by atoms with Gasteiger partial charge in [-0.15, -0.1) is 0 Å². The minimum atomic E-state index is -0.0315. The van der Waals surface area contributed by atoms with Crippen LogP contribution in [0.25, 0.3) is 0 Å². The number of ether oxygens (including phenoxy) is 1. The lowest BCUT2D eigenvalue weighted by Crippen LogP contribution is -2.32. The number of hydrogen-bond donors (Lipinski definition) is 1. The summed E-state index contributed by atoms with van der Waals surface area (Å²) in [6.45, 7) is 6.72. The Bertz CT molecular complexity index is 472. The quantitative estimate of drug-likeness (QED) is 0.756. The Morgan fingerprint density at radius 3 is 3.05 bits per heavy atom. The maximum atomic E-state index is 12.1. The van der Waals surface area contributed by atoms with Gasteiger partial charge in [0.1, 0.15) is 5.69 Å². The third-order valence-corrected chi connectivity index (χ3v) is 3.98. The van der Waals surface area contributed by atoms with E-state index in [2.05, 4.69) is 15.3 Å². The largest absolute Gasteiger partial charge is 0.385 e. The molecule has 0 aromatic carbocycles. The molecule has 1 N–H and O–H groups in total. The van der Waals surface area contributed by atoms with Crippen LogP contribution in [0.3, 0.4) is 0 Å². The van der Waals surface area contributed by atoms with Crippen molar-refractivity contribution in [3.8, 4) is 0 Å². The smallest absolute Gasteiger partial charge is 0.269 e. The molecule has 118 valence electrons. The number of rotatable bonds is 7. The van der Waals surface area contributed by atoms with Crippen molar-refractivity contribution in [3.05, 3.63) is 17.5 Å². The molecule has 0 saturated carbocycles. The van der Waals surface area contributed by atoms with Crippen LogP contribution in [-0.2, 0) is 11.8 Å². The molecule has 0 aliphatic carbocycles. The molecular weight excluding hydrogens is 268 g/mol. The van der Waals surface area contributed by atoms with Crippen LogP contribution >= 0.6 is 0 Å². The van der Waals surface area contributed by atoms with Crippen molar-refractivity contribution in [1.29, 1.82) is 0 Å². The second-order valence-electron chi connectivity index (χ2n) is 5.81. The molecule has 2 heterocycles. The SMILES string of the molecule is COCCCN1CC[C@H](CNC(=O)c2cc(C)nn2C)C1. The maximum Gasteiger partial charge on any atom is 0.269 e. The molecule has 0 spiro atoms. The Balaban J connectivity index is 1.72. The van der Waals surface area contributed by atoms with Crippen LogP contribution in [0.2, 0.25) is 0 Å². The Hall–Kier alpha value is -1.40. The Labute approximate surface area is 126 Å². The first-order valence-corrected chi connectivity index (χ1v) is 7.60. The summed E-state index contributed by atoms with van der Waals surface area (Å²) in [5, 5.41) is 7.23. The van der Waals surface area contributed by atoms with Crippen molar-refractivity contribution >= 4 is 5.91 Å². The van der Waals surface area contributed by atoms with Crippen LogP contribution in [0.5, 0.6) is 0 Å². The zero-order valence-electron chi connectivity index (χ0n) is 13.3. The molecule has 1 saturated heterocycles. The van der Waals surface area contributed by atoms with Crippen molar-refractivity contribution in [3.63, 3.8) is 0 Å². The zero-order chi connectivity index (χ0) is 15.2. The van der Waals surface area contributed by atoms with Gasteiger partial charge in [0.15, 0.2) is 0 Å². The Kier molecular flexibility index (Phi) is 5.76. The Morgan fingerprint density at radius 2 is 2.38 bits per heavy atom. The summed E-state index contributed by atoms with van der Waals surface area (Å²) in [6, 6.07) is 1.82. The van der Waals surface area contributed by atoms with E-state index >= 15 is 0 Å². The van der Waals surface area contributed by atoms with E-state index in [1.807, 2.05) is 13.0 Å². The third-order valence-electron chi connectivity index (χ3n) is 3.98. The molecule has 1 amide bonds. The molecule has 1 aliphatic rings. The molecule has 6 nitrogen and oxygen atoms in total. The standard InChI is InChI=1S/C15H26N4O2/c1-12-9-14(18(2)17-12)15(20)16-10-13-5-7-19(11-13)6-4-8-21-3/h9,13H,4-8,10-11H2,1-3H3,(H,16,20)/t13-/m1/s1. The topological polar surface area (TPSA) is 59.4 Å². The highest BCUT2D eigenvalue weighted by atomic mass is 16.5. The monoisotopic (exact) mass is 294 g/mol. The number of nitrogens with zero attached hydrogens (tertiary/aromatic N) is 3. The van der Waals surface area contributed by atoms with E-state index in [9.17, 15) is 4.79 Å². The second-order valence-corrected chi connectivity index (χ2v) is 5.81. The molecule has 0 unspecified atom stereocenters. The first kappa shape index (κ1) is 16.0. The second kappa shape index (κ2) is 7.56. The van der Waals surface area contributed by atoms with Gasteiger partial charge in [-0.25, -0.2) is 0 Å². The van der Waals surface area contributed by atoms with Gasteiger partial charge in [0, 0.05) is 40.4 Å². The van der Waals surface area contributed by atoms with Gasteiger partial charge in [0.05, 0.1) is 5.69 Å². The number of carbonyl (C=O) groups excluding carboxylic acids is 1. The van der Waals surface area contributed by atoms with Crippen molar-refractivity contribution in [2.75, 3.05) is 39.9 Å². The molecule has 1 aromatic rings. The van der Waals surface area contributed by atoms with Gasteiger partial charge in [0.25, 0.3) is 5.91 Å². The maximum absolute atomic E-state index is 12.1. The lowest BCUT2D eigenvalue weighted by atomic mass is 10.1. The van der Waals surface area contributed by atoms with Crippen molar-refractivity contribution < 1.29 is 9.53 Å². The van der Waals surface area contributed by atoms with Gasteiger partial charge < -0.3 is 15.0 Å². The molecule has 1 aliphatic heterocycles. The predicted molar refractivity (Wildman–Crippen MR) is 81.3 cm³/mol. The first-order valence-electron chi connectivity index (χ1n) is 7.60. The minimum absolute atomic E-state index is 0.0315. The number of carbonyl (C=O) groups is 1. The van der Waals surface area contributed by atoms with Crippen LogP contribution in [-0.4, -0.2) is 60.5 Å². The van der Waals surface area contributed by atoms with Crippen molar-refractivity contribution in [2.45, 2.75) is 19.8 Å². The Morgan fingerprint density at radius 1 is 1.57 bits per heavy atom. The summed E-state index contributed by atoms with van der Waals surface area (Å²) in [5.74, 6) is 0.516. The molecule has 0 bridgehead atoms. The number of aromatic nitrogens is 2. The van der Waals surface area contributed by atoms with Gasteiger partial charge in [-0.1, -0.05) is 0 Å². The summed E-state index contributed by atoms with van der Waals surface area (Å²) in [5.41, 5.74) is 1.50. The summed E-state index contributed by atoms with van der Waals surface area (Å²) < 4.78 is 6.71. The number of amides is 1. The molecule has 21 heavy (non-hydrogen) atoms. The highest BCUT2D eigenvalue weighted by Gasteiger charge is 2.23. The van der Waals surface area contributed by atoms with Crippen LogP contribution in [0, 0.1) is 12.8 Å². The van der Waals surface area contributed by atoms with Crippen LogP contribution in [0.4, 0.5) is 0 Å². The lowest BCUT2D eigenvalue weighted by molar-refractivity contribution is 0.0938. The summed E-state index contributed by atoms with van der Waals surface area (Å²) in [4.78, 5) is 14.6. The number of likely N-dealkylation sites (tertiary alicyclic amines) is 1. The number of methoxy groups -OCH3 is 1. The normalized spacial score (nSPS) is 19.1. The summed E-state index contributed by atoms with van der Waals surface area (Å²) in [7, 11) is 3.54. The van der Waals surface area contributed by atoms with Crippen LogP contribution < -0.4 is 5.32 Å². The zero-order valence-corrected chi connectivity index (χ0v) is 13.3. The minimum Gasteiger partial charge on any atom is -0.385 e. The van der Waals surface area contributed by atoms with E-state index in [1.165, 1.54) is 0 Å². The fourth-order valence-electron chi connectivity index (χ4n) is 2.87. The lowest BCUT2D eigenvalue weighted by Gasteiger charge is -2.16. The van der Waals surface area contributed by atoms with Gasteiger partial charge in [0.2, 0.25) is 0 Å². The molecule has 1 aromatic heterocycles. The molecule has 0 radical (unpaired) electrons. The van der Waals surface area contributed by atoms with E-state index in [0.29, 0.717) is 11.6 Å². The average Bonchev–Trinajstić information content (AvgIpc) is 3.03. The van der Waals surface area contributed by atoms with E-state index < -0.39 is 0 Å². The molecule has 1 atom stereocenters. The van der Waals surface area contributed by atoms with E-state index in [0.717, 1.165) is 51.3 Å². The fourth-order valence-corrected chi connectivity index (χ4v) is 2.87. The highest BCUT2D eigenvalue weighted by molar-refractivity contribution is 5.92. The van der Waals surface area contributed by atoms with Crippen molar-refractivity contribution in [1.82, 2.24) is 20.0 Å². The van der Waals surface area contributed by atoms with E-state index in [1.54, 1.807) is 18.8 Å². The summed E-state index contributed by atoms with van der Waals surface area (Å²) >= 11 is 0. The van der Waals surface area contributed by atoms with E-state index in [-0.39, 0.29) is 5.91 Å². The van der Waals surface area contributed by atoms with Gasteiger partial charge in [-0.3, -0.25) is 9.48 Å². The highest BCUT2D eigenvalue weighted by Crippen LogP contribution is 2.15. The van der Waals surface area contributed by atoms with Gasteiger partial charge in [-0.2, -0.15) is 5.10 Å². The van der Waals surface area contributed by atoms with Crippen LogP contribution in [0.15, 0.2) is 6.07 Å². The number of nitrogens with one attached hydrogen (secondary N) is 1. The van der Waals surface area contributed by atoms with Gasteiger partial charge in [-0.05, 0) is 38.3 Å². The van der Waals surface area contributed by atoms with E-state index in [4.69, 9.17) is 4.74 Å². The predicted octanol–water partition coefficient (Wildman–Crippen LogP) is 0.817. The van der Waals surface area contributed by atoms with Gasteiger partial charge >= 0.3 is 0 Å². The van der Waals surface area contributed by atoms with Crippen LogP contribution in [0.1, 0.15) is 29.0 Å². The molecular formula is C15H26N4O2. The average molecular weight is 294 g/mol. The van der Waals surface area contributed by atoms with Crippen molar-refractivity contribution in [2.24, 2.45) is 13.0 Å². The number of hydrogen-bond acceptors (Lipinski definition) is 4. The summed E-state index contributed by atoms with van der Waals surface area (Å²) in [6.07, 6.45) is 2.22.